The van der Waals surface area contributed by atoms with Crippen LogP contribution in [0.5, 0.6) is 0 Å². The van der Waals surface area contributed by atoms with Gasteiger partial charge >= 0.3 is 21.6 Å². The molecule has 0 amide bonds. The van der Waals surface area contributed by atoms with Gasteiger partial charge in [0.15, 0.2) is 0 Å². The summed E-state index contributed by atoms with van der Waals surface area (Å²) in [5.74, 6) is -2.15. The summed E-state index contributed by atoms with van der Waals surface area (Å²) < 4.78 is 55.2. The summed E-state index contributed by atoms with van der Waals surface area (Å²) in [5, 5.41) is 0. The van der Waals surface area contributed by atoms with Crippen LogP contribution in [0.15, 0.2) is 0 Å². The number of rotatable bonds is 1. The Kier molecular flexibility index (Phi) is 3.94. The van der Waals surface area contributed by atoms with Gasteiger partial charge in [-0.05, 0) is 0 Å². The predicted octanol–water partition coefficient (Wildman–Crippen LogP) is 1.75. The number of halogens is 6. The van der Waals surface area contributed by atoms with Gasteiger partial charge in [0.1, 0.15) is 0 Å². The van der Waals surface area contributed by atoms with E-state index in [1.54, 1.807) is 0 Å². The van der Waals surface area contributed by atoms with E-state index < -0.39 is 25.4 Å². The maximum atomic E-state index is 11.6. The van der Waals surface area contributed by atoms with E-state index >= 15 is 0 Å². The zero-order valence-electron chi connectivity index (χ0n) is 5.81. The molecule has 14 heavy (non-hydrogen) atoms. The first-order valence-corrected chi connectivity index (χ1v) is 5.04. The Labute approximate surface area is 91.0 Å². The molecular weight excluding hydrogens is 295 g/mol. The first-order valence-electron chi connectivity index (χ1n) is 2.50. The van der Waals surface area contributed by atoms with E-state index in [9.17, 15) is 26.4 Å². The molecule has 84 valence electrons. The van der Waals surface area contributed by atoms with Gasteiger partial charge in [-0.15, -0.1) is 0 Å². The van der Waals surface area contributed by atoms with E-state index in [1.807, 2.05) is 0 Å². The lowest BCUT2D eigenvalue weighted by atomic mass is 10.8. The molecule has 0 spiro atoms. The number of carbonyl (C=O) groups excluding carboxylic acids is 1. The summed E-state index contributed by atoms with van der Waals surface area (Å²) in [5.41, 5.74) is -5.75. The van der Waals surface area contributed by atoms with Crippen LogP contribution in [-0.4, -0.2) is 23.7 Å². The number of hydrogen-bond acceptors (Lipinski definition) is 4. The predicted molar refractivity (Wildman–Crippen MR) is 41.4 cm³/mol. The smallest absolute Gasteiger partial charge is 0.335 e. The van der Waals surface area contributed by atoms with Gasteiger partial charge < -0.3 is 4.18 Å². The van der Waals surface area contributed by atoms with Crippen molar-refractivity contribution >= 4 is 50.9 Å². The van der Waals surface area contributed by atoms with Crippen LogP contribution in [0.4, 0.5) is 13.2 Å². The van der Waals surface area contributed by atoms with Gasteiger partial charge in [-0.25, -0.2) is 4.79 Å². The van der Waals surface area contributed by atoms with Crippen LogP contribution in [0, 0.1) is 0 Å². The van der Waals surface area contributed by atoms with Crippen LogP contribution >= 0.6 is 34.8 Å². The average molecular weight is 295 g/mol. The Bertz CT molecular complexity index is 328. The van der Waals surface area contributed by atoms with E-state index in [-0.39, 0.29) is 0 Å². The third-order valence-electron chi connectivity index (χ3n) is 0.700. The van der Waals surface area contributed by atoms with Gasteiger partial charge in [-0.2, -0.15) is 21.6 Å². The van der Waals surface area contributed by atoms with E-state index in [0.29, 0.717) is 0 Å². The van der Waals surface area contributed by atoms with Crippen molar-refractivity contribution in [2.24, 2.45) is 0 Å². The van der Waals surface area contributed by atoms with Crippen molar-refractivity contribution in [3.05, 3.63) is 0 Å². The highest BCUT2D eigenvalue weighted by Crippen LogP contribution is 2.31. The van der Waals surface area contributed by atoms with Crippen molar-refractivity contribution in [3.8, 4) is 0 Å². The largest absolute Gasteiger partial charge is 0.534 e. The zero-order chi connectivity index (χ0) is 11.8. The minimum atomic E-state index is -6.08. The quantitative estimate of drug-likeness (QED) is 0.420. The van der Waals surface area contributed by atoms with E-state index in [2.05, 4.69) is 4.18 Å². The Balaban J connectivity index is 4.82. The Morgan fingerprint density at radius 3 is 1.71 bits per heavy atom. The first kappa shape index (κ1) is 14.1. The second-order valence-electron chi connectivity index (χ2n) is 1.77. The molecule has 0 aliphatic rings. The third kappa shape index (κ3) is 3.68. The molecule has 0 saturated heterocycles. The van der Waals surface area contributed by atoms with Crippen molar-refractivity contribution in [1.29, 1.82) is 0 Å². The van der Waals surface area contributed by atoms with Crippen molar-refractivity contribution in [2.45, 2.75) is 9.30 Å². The van der Waals surface area contributed by atoms with Crippen LogP contribution in [0.3, 0.4) is 0 Å². The van der Waals surface area contributed by atoms with E-state index in [0.717, 1.165) is 0 Å². The molecular formula is C3Cl3F3O4S. The lowest BCUT2D eigenvalue weighted by molar-refractivity contribution is -0.135. The van der Waals surface area contributed by atoms with Crippen LogP contribution in [0.2, 0.25) is 0 Å². The Hall–Kier alpha value is 0.0800. The molecule has 11 heteroatoms. The molecule has 0 atom stereocenters. The minimum Gasteiger partial charge on any atom is -0.335 e. The highest BCUT2D eigenvalue weighted by Gasteiger charge is 2.51. The highest BCUT2D eigenvalue weighted by molar-refractivity contribution is 7.88. The molecule has 0 unspecified atom stereocenters. The summed E-state index contributed by atoms with van der Waals surface area (Å²) in [6, 6.07) is 0. The third-order valence-corrected chi connectivity index (χ3v) is 2.10. The van der Waals surface area contributed by atoms with Crippen LogP contribution in [0.25, 0.3) is 0 Å². The molecule has 0 rings (SSSR count). The minimum absolute atomic E-state index is 2.15. The fraction of sp³-hybridized carbons (Fsp3) is 0.667. The van der Waals surface area contributed by atoms with Gasteiger partial charge in [0.25, 0.3) is 3.79 Å². The molecule has 0 heterocycles. The second-order valence-corrected chi connectivity index (χ2v) is 5.59. The van der Waals surface area contributed by atoms with Gasteiger partial charge in [0, 0.05) is 0 Å². The summed E-state index contributed by atoms with van der Waals surface area (Å²) in [7, 11) is -6.08. The Morgan fingerprint density at radius 1 is 1.14 bits per heavy atom. The normalized spacial score (nSPS) is 13.9. The number of hydrogen-bond donors (Lipinski definition) is 0. The summed E-state index contributed by atoms with van der Waals surface area (Å²) in [6.07, 6.45) is 0. The summed E-state index contributed by atoms with van der Waals surface area (Å²) in [4.78, 5) is 10.4. The van der Waals surface area contributed by atoms with Crippen molar-refractivity contribution in [3.63, 3.8) is 0 Å². The van der Waals surface area contributed by atoms with Crippen molar-refractivity contribution in [2.75, 3.05) is 0 Å². The molecule has 0 aromatic carbocycles. The maximum Gasteiger partial charge on any atom is 0.534 e. The average Bonchev–Trinajstić information content (AvgIpc) is 1.80. The molecule has 4 nitrogen and oxygen atoms in total. The molecule has 0 aromatic heterocycles. The maximum absolute atomic E-state index is 11.6. The summed E-state index contributed by atoms with van der Waals surface area (Å²) in [6.45, 7) is 0. The first-order chi connectivity index (χ1) is 5.88. The van der Waals surface area contributed by atoms with Gasteiger partial charge in [-0.3, -0.25) is 0 Å². The summed E-state index contributed by atoms with van der Waals surface area (Å²) >= 11 is 14.3. The van der Waals surface area contributed by atoms with Crippen LogP contribution in [0.1, 0.15) is 0 Å². The topological polar surface area (TPSA) is 60.4 Å². The van der Waals surface area contributed by atoms with Crippen molar-refractivity contribution < 1.29 is 30.6 Å². The number of carbonyl (C=O) groups is 1. The molecule has 0 bridgehead atoms. The lowest BCUT2D eigenvalue weighted by Gasteiger charge is -2.11. The van der Waals surface area contributed by atoms with Gasteiger partial charge in [0.2, 0.25) is 0 Å². The van der Waals surface area contributed by atoms with Gasteiger partial charge in [-0.1, -0.05) is 34.8 Å². The fourth-order valence-electron chi connectivity index (χ4n) is 0.194. The van der Waals surface area contributed by atoms with E-state index in [1.165, 1.54) is 0 Å². The number of alkyl halides is 6. The van der Waals surface area contributed by atoms with Gasteiger partial charge in [0.05, 0.1) is 0 Å². The zero-order valence-corrected chi connectivity index (χ0v) is 8.89. The molecule has 0 aliphatic heterocycles. The van der Waals surface area contributed by atoms with Crippen LogP contribution in [-0.2, 0) is 19.1 Å². The molecule has 0 aromatic rings. The molecule has 0 N–H and O–H groups in total. The van der Waals surface area contributed by atoms with E-state index in [4.69, 9.17) is 34.8 Å². The molecule has 0 radical (unpaired) electrons. The molecule has 0 aliphatic carbocycles. The highest BCUT2D eigenvalue weighted by atomic mass is 35.6. The Morgan fingerprint density at radius 2 is 1.50 bits per heavy atom. The fourth-order valence-corrected chi connectivity index (χ4v) is 0.866. The monoisotopic (exact) mass is 294 g/mol. The molecule has 0 fully saturated rings. The SMILES string of the molecule is O=C(OS(=O)(=O)C(F)(F)F)C(Cl)(Cl)Cl. The van der Waals surface area contributed by atoms with Crippen molar-refractivity contribution in [1.82, 2.24) is 0 Å². The van der Waals surface area contributed by atoms with Crippen LogP contribution < -0.4 is 0 Å². The second kappa shape index (κ2) is 3.92. The lowest BCUT2D eigenvalue weighted by Crippen LogP contribution is -2.32. The molecule has 0 saturated carbocycles. The standard InChI is InChI=1S/C3Cl3F3O4S/c4-2(5,6)1(10)13-14(11,12)3(7,8)9.